The summed E-state index contributed by atoms with van der Waals surface area (Å²) >= 11 is 0. The number of rotatable bonds is 4. The van der Waals surface area contributed by atoms with Crippen LogP contribution in [0.15, 0.2) is 42.5 Å². The monoisotopic (exact) mass is 442 g/mol. The van der Waals surface area contributed by atoms with Gasteiger partial charge in [0.2, 0.25) is 18.1 Å². The predicted molar refractivity (Wildman–Crippen MR) is 113 cm³/mol. The van der Waals surface area contributed by atoms with Gasteiger partial charge >= 0.3 is 12.0 Å². The summed E-state index contributed by atoms with van der Waals surface area (Å²) < 4.78 is 4.67. The maximum absolute atomic E-state index is 13.4. The fraction of sp³-hybridized carbons (Fsp3) is 0.455. The number of benzene rings is 1. The molecule has 3 heterocycles. The Morgan fingerprint density at radius 2 is 1.78 bits per heavy atom. The molecule has 170 valence electrons. The van der Waals surface area contributed by atoms with Gasteiger partial charge in [0.1, 0.15) is 18.1 Å². The van der Waals surface area contributed by atoms with Gasteiger partial charge in [-0.05, 0) is 37.8 Å². The number of hydrogen-bond acceptors (Lipinski definition) is 6. The number of carbonyl (C=O) groups excluding carboxylic acids is 4. The highest BCUT2D eigenvalue weighted by Gasteiger charge is 2.45. The van der Waals surface area contributed by atoms with Crippen molar-refractivity contribution in [2.24, 2.45) is 0 Å². The molecule has 10 nitrogen and oxygen atoms in total. The van der Waals surface area contributed by atoms with Gasteiger partial charge in [0.25, 0.3) is 0 Å². The fourth-order valence-electron chi connectivity index (χ4n) is 4.39. The topological polar surface area (TPSA) is 137 Å². The van der Waals surface area contributed by atoms with Crippen LogP contribution in [0.25, 0.3) is 0 Å². The standard InChI is InChI=1S/C22H26N4O6/c27-18-12-16(21(30)32-18)24-19(28)17-11-10-14-8-4-5-9-15(20(29)26(14)17)25-22(31)23-13-6-2-1-3-7-13/h1-7,14-17,21,30H,8-12H2,(H,24,28)(H2,23,25,31)/b5-4-/t14-,15+,16?,17+,21?/m1/s1. The Labute approximate surface area is 185 Å². The molecule has 2 unspecified atom stereocenters. The first-order valence-electron chi connectivity index (χ1n) is 10.7. The molecule has 0 aromatic heterocycles. The zero-order valence-corrected chi connectivity index (χ0v) is 17.4. The van der Waals surface area contributed by atoms with E-state index >= 15 is 0 Å². The van der Waals surface area contributed by atoms with E-state index in [0.717, 1.165) is 0 Å². The molecule has 5 atom stereocenters. The van der Waals surface area contributed by atoms with Crippen LogP contribution in [0.3, 0.4) is 0 Å². The molecular formula is C22H26N4O6. The van der Waals surface area contributed by atoms with Gasteiger partial charge in [-0.3, -0.25) is 14.4 Å². The summed E-state index contributed by atoms with van der Waals surface area (Å²) in [4.78, 5) is 51.7. The lowest BCUT2D eigenvalue weighted by Gasteiger charge is -2.34. The van der Waals surface area contributed by atoms with E-state index in [4.69, 9.17) is 0 Å². The van der Waals surface area contributed by atoms with E-state index in [9.17, 15) is 24.3 Å². The molecule has 4 amide bonds. The van der Waals surface area contributed by atoms with Crippen LogP contribution in [0.5, 0.6) is 0 Å². The molecule has 32 heavy (non-hydrogen) atoms. The predicted octanol–water partition coefficient (Wildman–Crippen LogP) is 0.636. The van der Waals surface area contributed by atoms with Crippen LogP contribution in [0.2, 0.25) is 0 Å². The van der Waals surface area contributed by atoms with Crippen molar-refractivity contribution in [1.29, 1.82) is 0 Å². The van der Waals surface area contributed by atoms with Crippen molar-refractivity contribution in [3.05, 3.63) is 42.5 Å². The van der Waals surface area contributed by atoms with E-state index in [1.807, 2.05) is 18.2 Å². The number of carbonyl (C=O) groups is 4. The second-order valence-corrected chi connectivity index (χ2v) is 8.15. The number of cyclic esters (lactones) is 1. The summed E-state index contributed by atoms with van der Waals surface area (Å²) in [5.74, 6) is -1.37. The molecule has 4 rings (SSSR count). The lowest BCUT2D eigenvalue weighted by molar-refractivity contribution is -0.155. The molecule has 0 aliphatic carbocycles. The molecule has 3 aliphatic heterocycles. The first kappa shape index (κ1) is 21.8. The largest absolute Gasteiger partial charge is 0.434 e. The van der Waals surface area contributed by atoms with Crippen LogP contribution in [0.1, 0.15) is 32.1 Å². The number of nitrogens with zero attached hydrogens (tertiary/aromatic N) is 1. The number of aliphatic hydroxyl groups excluding tert-OH is 1. The number of nitrogens with one attached hydrogen (secondary N) is 3. The first-order valence-corrected chi connectivity index (χ1v) is 10.7. The van der Waals surface area contributed by atoms with E-state index in [1.165, 1.54) is 4.90 Å². The average molecular weight is 442 g/mol. The molecule has 4 N–H and O–H groups in total. The third-order valence-electron chi connectivity index (χ3n) is 5.95. The highest BCUT2D eigenvalue weighted by Crippen LogP contribution is 2.30. The Morgan fingerprint density at radius 3 is 2.50 bits per heavy atom. The van der Waals surface area contributed by atoms with Gasteiger partial charge in [0, 0.05) is 11.7 Å². The zero-order valence-electron chi connectivity index (χ0n) is 17.4. The number of anilines is 1. The Hall–Kier alpha value is -3.40. The molecule has 10 heteroatoms. The van der Waals surface area contributed by atoms with E-state index in [2.05, 4.69) is 20.7 Å². The quantitative estimate of drug-likeness (QED) is 0.399. The van der Waals surface area contributed by atoms with Crippen LogP contribution in [0, 0.1) is 0 Å². The first-order chi connectivity index (χ1) is 15.4. The summed E-state index contributed by atoms with van der Waals surface area (Å²) in [5, 5.41) is 17.8. The van der Waals surface area contributed by atoms with Crippen molar-refractivity contribution in [2.75, 3.05) is 5.32 Å². The van der Waals surface area contributed by atoms with Crippen LogP contribution in [-0.4, -0.2) is 64.3 Å². The molecule has 2 fully saturated rings. The number of aliphatic hydroxyl groups is 1. The Morgan fingerprint density at radius 1 is 1.03 bits per heavy atom. The Bertz CT molecular complexity index is 920. The number of hydrogen-bond donors (Lipinski definition) is 4. The lowest BCUT2D eigenvalue weighted by Crippen LogP contribution is -2.57. The van der Waals surface area contributed by atoms with Crippen LogP contribution >= 0.6 is 0 Å². The summed E-state index contributed by atoms with van der Waals surface area (Å²) in [6.45, 7) is 0. The molecule has 0 radical (unpaired) electrons. The molecule has 1 aromatic rings. The van der Waals surface area contributed by atoms with E-state index in [1.54, 1.807) is 24.3 Å². The summed E-state index contributed by atoms with van der Waals surface area (Å²) in [6, 6.07) is 5.80. The molecule has 0 saturated carbocycles. The third kappa shape index (κ3) is 4.75. The van der Waals surface area contributed by atoms with Gasteiger partial charge in [0.05, 0.1) is 6.42 Å². The molecular weight excluding hydrogens is 416 g/mol. The molecule has 2 saturated heterocycles. The number of urea groups is 1. The summed E-state index contributed by atoms with van der Waals surface area (Å²) in [5.41, 5.74) is 0.599. The average Bonchev–Trinajstić information content (AvgIpc) is 3.31. The highest BCUT2D eigenvalue weighted by molar-refractivity contribution is 5.96. The minimum atomic E-state index is -1.40. The van der Waals surface area contributed by atoms with Gasteiger partial charge in [0.15, 0.2) is 0 Å². The van der Waals surface area contributed by atoms with Crippen molar-refractivity contribution in [3.63, 3.8) is 0 Å². The van der Waals surface area contributed by atoms with E-state index in [0.29, 0.717) is 31.4 Å². The maximum atomic E-state index is 13.4. The minimum Gasteiger partial charge on any atom is -0.434 e. The number of fused-ring (bicyclic) bond motifs is 1. The van der Waals surface area contributed by atoms with Gasteiger partial charge in [-0.2, -0.15) is 0 Å². The zero-order chi connectivity index (χ0) is 22.7. The van der Waals surface area contributed by atoms with Crippen molar-refractivity contribution < 1.29 is 29.0 Å². The lowest BCUT2D eigenvalue weighted by atomic mass is 10.0. The normalized spacial score (nSPS) is 30.5. The van der Waals surface area contributed by atoms with Crippen molar-refractivity contribution in [2.45, 2.75) is 62.6 Å². The molecule has 3 aliphatic rings. The molecule has 0 spiro atoms. The van der Waals surface area contributed by atoms with Gasteiger partial charge in [-0.25, -0.2) is 4.79 Å². The Kier molecular flexibility index (Phi) is 6.40. The second-order valence-electron chi connectivity index (χ2n) is 8.15. The Balaban J connectivity index is 1.45. The summed E-state index contributed by atoms with van der Waals surface area (Å²) in [6.07, 6.45) is 4.33. The fourth-order valence-corrected chi connectivity index (χ4v) is 4.39. The molecule has 0 bridgehead atoms. The van der Waals surface area contributed by atoms with Crippen molar-refractivity contribution in [1.82, 2.24) is 15.5 Å². The van der Waals surface area contributed by atoms with Crippen LogP contribution in [-0.2, 0) is 19.1 Å². The maximum Gasteiger partial charge on any atom is 0.319 e. The number of para-hydroxylation sites is 1. The van der Waals surface area contributed by atoms with Gasteiger partial charge in [-0.1, -0.05) is 30.4 Å². The summed E-state index contributed by atoms with van der Waals surface area (Å²) in [7, 11) is 0. The van der Waals surface area contributed by atoms with Crippen molar-refractivity contribution in [3.8, 4) is 0 Å². The van der Waals surface area contributed by atoms with Crippen LogP contribution in [0.4, 0.5) is 10.5 Å². The molecule has 1 aromatic carbocycles. The smallest absolute Gasteiger partial charge is 0.319 e. The third-order valence-corrected chi connectivity index (χ3v) is 5.95. The number of ether oxygens (including phenoxy) is 1. The van der Waals surface area contributed by atoms with E-state index < -0.39 is 42.3 Å². The van der Waals surface area contributed by atoms with Crippen LogP contribution < -0.4 is 16.0 Å². The minimum absolute atomic E-state index is 0.121. The highest BCUT2D eigenvalue weighted by atomic mass is 16.6. The number of amides is 4. The number of esters is 1. The SMILES string of the molecule is O=C(Nc1ccccc1)N[C@H]1C/C=C\C[C@@H]2CC[C@@H](C(=O)NC3CC(=O)OC3O)N2C1=O. The van der Waals surface area contributed by atoms with Gasteiger partial charge in [-0.15, -0.1) is 0 Å². The van der Waals surface area contributed by atoms with Gasteiger partial charge < -0.3 is 30.7 Å². The second kappa shape index (κ2) is 9.39. The van der Waals surface area contributed by atoms with Crippen molar-refractivity contribution >= 4 is 29.5 Å². The van der Waals surface area contributed by atoms with E-state index in [-0.39, 0.29) is 18.4 Å².